The molecule has 5 N–H and O–H groups in total. The van der Waals surface area contributed by atoms with E-state index in [1.807, 2.05) is 85.8 Å². The molecule has 0 saturated carbocycles. The number of aryl methyl sites for hydroxylation is 1. The number of hydrogen-bond donors (Lipinski definition) is 5. The molecule has 0 spiro atoms. The Morgan fingerprint density at radius 1 is 0.852 bits per heavy atom. The lowest BCUT2D eigenvalue weighted by atomic mass is 9.92. The Kier molecular flexibility index (Phi) is 9.95. The van der Waals surface area contributed by atoms with Crippen molar-refractivity contribution >= 4 is 45.9 Å². The van der Waals surface area contributed by atoms with Gasteiger partial charge in [0.15, 0.2) is 0 Å². The van der Waals surface area contributed by atoms with Crippen molar-refractivity contribution in [2.75, 3.05) is 29.0 Å². The molecule has 2 unspecified atom stereocenters. The van der Waals surface area contributed by atoms with Crippen molar-refractivity contribution in [1.82, 2.24) is 29.6 Å². The third-order valence-corrected chi connectivity index (χ3v) is 9.02. The molecule has 2 atom stereocenters. The standard InChI is InChI=1S/C40H41N9O5/c1-24-9-11-26(12-10-24)49-37(18-34(47-49)40(2,3)4)46-39(53)44-29-13-14-33(28-8-6-5-7-27(28)29)54-23-25-15-16-41-35(17-25)45-36-20-42-30(19-43-36)38(52)48-21-31(50)32(51)22-48/h5-20,31-32,50-51H,21-23H2,1-4H3,(H,41,43,45)(H2,44,46,53). The summed E-state index contributed by atoms with van der Waals surface area (Å²) in [5.74, 6) is 1.66. The minimum absolute atomic E-state index is 0.0379. The van der Waals surface area contributed by atoms with Crippen LogP contribution in [0.4, 0.5) is 27.9 Å². The van der Waals surface area contributed by atoms with Gasteiger partial charge in [0.25, 0.3) is 5.91 Å². The fraction of sp³-hybridized carbons (Fsp3) is 0.250. The average Bonchev–Trinajstić information content (AvgIpc) is 3.74. The molecule has 14 nitrogen and oxygen atoms in total. The molecule has 0 aliphatic carbocycles. The minimum atomic E-state index is -0.978. The molecular formula is C40H41N9O5. The summed E-state index contributed by atoms with van der Waals surface area (Å²) in [6, 6.07) is 24.5. The molecular weight excluding hydrogens is 686 g/mol. The Morgan fingerprint density at radius 2 is 1.59 bits per heavy atom. The van der Waals surface area contributed by atoms with Gasteiger partial charge in [0.1, 0.15) is 35.5 Å². The number of hydrogen-bond acceptors (Lipinski definition) is 10. The van der Waals surface area contributed by atoms with Crippen molar-refractivity contribution in [3.8, 4) is 11.4 Å². The molecule has 3 aromatic heterocycles. The number of likely N-dealkylation sites (tertiary alicyclic amines) is 1. The molecule has 0 radical (unpaired) electrons. The molecule has 1 fully saturated rings. The van der Waals surface area contributed by atoms with Crippen LogP contribution in [0, 0.1) is 6.92 Å². The second-order valence-electron chi connectivity index (χ2n) is 14.2. The minimum Gasteiger partial charge on any atom is -0.488 e. The van der Waals surface area contributed by atoms with Crippen LogP contribution in [-0.4, -0.2) is 77.1 Å². The van der Waals surface area contributed by atoms with E-state index in [2.05, 4.69) is 51.7 Å². The van der Waals surface area contributed by atoms with Crippen LogP contribution in [0.3, 0.4) is 0 Å². The molecule has 0 bridgehead atoms. The molecule has 6 aromatic rings. The zero-order valence-corrected chi connectivity index (χ0v) is 30.3. The van der Waals surface area contributed by atoms with Gasteiger partial charge in [-0.3, -0.25) is 10.1 Å². The van der Waals surface area contributed by atoms with Gasteiger partial charge in [-0.25, -0.2) is 24.4 Å². The molecule has 54 heavy (non-hydrogen) atoms. The quantitative estimate of drug-likeness (QED) is 0.119. The van der Waals surface area contributed by atoms with E-state index in [9.17, 15) is 19.8 Å². The van der Waals surface area contributed by atoms with Crippen molar-refractivity contribution in [3.05, 3.63) is 120 Å². The number of urea groups is 1. The van der Waals surface area contributed by atoms with Crippen molar-refractivity contribution in [3.63, 3.8) is 0 Å². The smallest absolute Gasteiger partial charge is 0.324 e. The second-order valence-corrected chi connectivity index (χ2v) is 14.2. The molecule has 1 aliphatic heterocycles. The first kappa shape index (κ1) is 36.0. The number of pyridine rings is 1. The molecule has 14 heteroatoms. The predicted octanol–water partition coefficient (Wildman–Crippen LogP) is 5.96. The van der Waals surface area contributed by atoms with Gasteiger partial charge in [-0.1, -0.05) is 62.7 Å². The monoisotopic (exact) mass is 727 g/mol. The number of ether oxygens (including phenoxy) is 1. The first-order chi connectivity index (χ1) is 25.9. The number of aromatic nitrogens is 5. The number of rotatable bonds is 9. The van der Waals surface area contributed by atoms with E-state index in [0.29, 0.717) is 28.9 Å². The largest absolute Gasteiger partial charge is 0.488 e. The normalized spacial score (nSPS) is 15.6. The zero-order chi connectivity index (χ0) is 38.0. The first-order valence-corrected chi connectivity index (χ1v) is 17.5. The number of carbonyl (C=O) groups excluding carboxylic acids is 2. The molecule has 3 aromatic carbocycles. The highest BCUT2D eigenvalue weighted by molar-refractivity contribution is 6.07. The van der Waals surface area contributed by atoms with Crippen molar-refractivity contribution in [1.29, 1.82) is 0 Å². The SMILES string of the molecule is Cc1ccc(-n2nc(C(C)(C)C)cc2NC(=O)Nc2ccc(OCc3ccnc(Nc4cnc(C(=O)N5CC(O)C(O)C5)cn4)c3)c3ccccc23)cc1. The van der Waals surface area contributed by atoms with E-state index in [-0.39, 0.29) is 30.8 Å². The summed E-state index contributed by atoms with van der Waals surface area (Å²) in [6.07, 6.45) is 2.45. The Labute approximate surface area is 311 Å². The number of anilines is 4. The van der Waals surface area contributed by atoms with Crippen molar-refractivity contribution in [2.24, 2.45) is 0 Å². The number of amides is 3. The summed E-state index contributed by atoms with van der Waals surface area (Å²) < 4.78 is 8.03. The van der Waals surface area contributed by atoms with Crippen LogP contribution < -0.4 is 20.7 Å². The van der Waals surface area contributed by atoms with Crippen LogP contribution >= 0.6 is 0 Å². The molecule has 4 heterocycles. The van der Waals surface area contributed by atoms with Crippen molar-refractivity contribution in [2.45, 2.75) is 51.9 Å². The molecule has 3 amide bonds. The number of carbonyl (C=O) groups is 2. The highest BCUT2D eigenvalue weighted by atomic mass is 16.5. The van der Waals surface area contributed by atoms with Crippen molar-refractivity contribution < 1.29 is 24.5 Å². The van der Waals surface area contributed by atoms with Crippen LogP contribution in [0.15, 0.2) is 97.5 Å². The van der Waals surface area contributed by atoms with Gasteiger partial charge in [-0.2, -0.15) is 5.10 Å². The lowest BCUT2D eigenvalue weighted by molar-refractivity contribution is 0.0572. The number of benzene rings is 3. The van der Waals surface area contributed by atoms with Gasteiger partial charge < -0.3 is 30.5 Å². The van der Waals surface area contributed by atoms with Gasteiger partial charge in [0, 0.05) is 41.5 Å². The van der Waals surface area contributed by atoms with Crippen LogP contribution in [0.25, 0.3) is 16.5 Å². The summed E-state index contributed by atoms with van der Waals surface area (Å²) in [5.41, 5.74) is 4.16. The van der Waals surface area contributed by atoms with E-state index in [0.717, 1.165) is 33.3 Å². The third-order valence-electron chi connectivity index (χ3n) is 9.02. The van der Waals surface area contributed by atoms with Crippen LogP contribution in [-0.2, 0) is 12.0 Å². The average molecular weight is 728 g/mol. The van der Waals surface area contributed by atoms with Crippen LogP contribution in [0.5, 0.6) is 5.75 Å². The highest BCUT2D eigenvalue weighted by Gasteiger charge is 2.33. The fourth-order valence-electron chi connectivity index (χ4n) is 6.02. The van der Waals surface area contributed by atoms with Crippen LogP contribution in [0.1, 0.15) is 48.1 Å². The summed E-state index contributed by atoms with van der Waals surface area (Å²) in [7, 11) is 0. The maximum atomic E-state index is 13.5. The zero-order valence-electron chi connectivity index (χ0n) is 30.3. The van der Waals surface area contributed by atoms with E-state index >= 15 is 0 Å². The summed E-state index contributed by atoms with van der Waals surface area (Å²) in [4.78, 5) is 40.3. The van der Waals surface area contributed by atoms with Gasteiger partial charge in [-0.05, 0) is 48.9 Å². The molecule has 276 valence electrons. The van der Waals surface area contributed by atoms with Gasteiger partial charge in [-0.15, -0.1) is 0 Å². The Bertz CT molecular complexity index is 2290. The number of aliphatic hydroxyl groups excluding tert-OH is 2. The van der Waals surface area contributed by atoms with E-state index in [4.69, 9.17) is 9.84 Å². The lowest BCUT2D eigenvalue weighted by Crippen LogP contribution is -2.30. The number of nitrogens with zero attached hydrogens (tertiary/aromatic N) is 6. The number of β-amino-alcohol motifs (C(OH)–C–C–N with tert-alkyl or cyclic N) is 2. The molecule has 1 aliphatic rings. The summed E-state index contributed by atoms with van der Waals surface area (Å²) >= 11 is 0. The number of fused-ring (bicyclic) bond motifs is 1. The summed E-state index contributed by atoms with van der Waals surface area (Å²) in [5, 5.41) is 35.1. The lowest BCUT2D eigenvalue weighted by Gasteiger charge is -2.15. The fourth-order valence-corrected chi connectivity index (χ4v) is 6.02. The Morgan fingerprint density at radius 3 is 2.30 bits per heavy atom. The maximum absolute atomic E-state index is 13.5. The Balaban J connectivity index is 1.01. The van der Waals surface area contributed by atoms with Gasteiger partial charge in [0.05, 0.1) is 41.7 Å². The molecule has 7 rings (SSSR count). The van der Waals surface area contributed by atoms with Gasteiger partial charge in [0.2, 0.25) is 0 Å². The third kappa shape index (κ3) is 7.99. The van der Waals surface area contributed by atoms with Gasteiger partial charge >= 0.3 is 6.03 Å². The van der Waals surface area contributed by atoms with E-state index in [1.54, 1.807) is 10.9 Å². The predicted molar refractivity (Wildman–Crippen MR) is 205 cm³/mol. The topological polar surface area (TPSA) is 180 Å². The summed E-state index contributed by atoms with van der Waals surface area (Å²) in [6.45, 7) is 8.58. The molecule has 1 saturated heterocycles. The number of aliphatic hydroxyl groups is 2. The highest BCUT2D eigenvalue weighted by Crippen LogP contribution is 2.33. The van der Waals surface area contributed by atoms with E-state index in [1.165, 1.54) is 17.3 Å². The first-order valence-electron chi connectivity index (χ1n) is 17.5. The number of nitrogens with one attached hydrogen (secondary N) is 3. The van der Waals surface area contributed by atoms with E-state index < -0.39 is 24.1 Å². The van der Waals surface area contributed by atoms with Crippen LogP contribution in [0.2, 0.25) is 0 Å². The second kappa shape index (κ2) is 14.9. The Hall–Kier alpha value is -6.38. The maximum Gasteiger partial charge on any atom is 0.324 e.